The van der Waals surface area contributed by atoms with Gasteiger partial charge in [0, 0.05) is 32.2 Å². The molecule has 1 fully saturated rings. The average Bonchev–Trinajstić information content (AvgIpc) is 2.70. The van der Waals surface area contributed by atoms with E-state index in [0.717, 1.165) is 39.0 Å². The van der Waals surface area contributed by atoms with Crippen molar-refractivity contribution in [2.75, 3.05) is 19.6 Å². The number of hydrogen-bond acceptors (Lipinski definition) is 3. The molecule has 0 aliphatic carbocycles. The van der Waals surface area contributed by atoms with Gasteiger partial charge in [0.15, 0.2) is 0 Å². The molecular formula is C19H31N3O. The number of benzene rings is 1. The molecule has 0 spiro atoms. The number of nitrogens with zero attached hydrogens (tertiary/aromatic N) is 2. The van der Waals surface area contributed by atoms with Gasteiger partial charge in [-0.25, -0.2) is 0 Å². The Kier molecular flexibility index (Phi) is 6.60. The van der Waals surface area contributed by atoms with Crippen LogP contribution >= 0.6 is 0 Å². The summed E-state index contributed by atoms with van der Waals surface area (Å²) in [5.74, 6) is 0.571. The van der Waals surface area contributed by atoms with Crippen molar-refractivity contribution in [3.8, 4) is 0 Å². The lowest BCUT2D eigenvalue weighted by atomic mass is 10.0. The molecule has 0 saturated carbocycles. The van der Waals surface area contributed by atoms with Crippen molar-refractivity contribution in [2.45, 2.75) is 52.2 Å². The van der Waals surface area contributed by atoms with Gasteiger partial charge in [-0.3, -0.25) is 9.69 Å². The molecule has 1 aliphatic heterocycles. The fourth-order valence-electron chi connectivity index (χ4n) is 3.22. The smallest absolute Gasteiger partial charge is 0.239 e. The zero-order chi connectivity index (χ0) is 16.8. The monoisotopic (exact) mass is 317 g/mol. The lowest BCUT2D eigenvalue weighted by Gasteiger charge is -2.26. The SMILES string of the molecule is CC(C)C[C@H](N)C(=O)N1CCC(C)N(Cc2ccccc2)CC1. The van der Waals surface area contributed by atoms with Crippen LogP contribution in [0.2, 0.25) is 0 Å². The van der Waals surface area contributed by atoms with Crippen LogP contribution in [0.4, 0.5) is 0 Å². The van der Waals surface area contributed by atoms with Crippen LogP contribution < -0.4 is 5.73 Å². The maximum Gasteiger partial charge on any atom is 0.239 e. The van der Waals surface area contributed by atoms with Gasteiger partial charge in [0.2, 0.25) is 5.91 Å². The second-order valence-corrected chi connectivity index (χ2v) is 7.16. The van der Waals surface area contributed by atoms with Crippen LogP contribution in [0.25, 0.3) is 0 Å². The van der Waals surface area contributed by atoms with Crippen molar-refractivity contribution in [3.63, 3.8) is 0 Å². The highest BCUT2D eigenvalue weighted by Crippen LogP contribution is 2.16. The summed E-state index contributed by atoms with van der Waals surface area (Å²) < 4.78 is 0. The Morgan fingerprint density at radius 1 is 1.22 bits per heavy atom. The highest BCUT2D eigenvalue weighted by Gasteiger charge is 2.26. The van der Waals surface area contributed by atoms with Crippen molar-refractivity contribution < 1.29 is 4.79 Å². The van der Waals surface area contributed by atoms with Gasteiger partial charge in [0.05, 0.1) is 6.04 Å². The van der Waals surface area contributed by atoms with E-state index in [1.807, 2.05) is 11.0 Å². The molecular weight excluding hydrogens is 286 g/mol. The third-order valence-corrected chi connectivity index (χ3v) is 4.68. The number of amides is 1. The first-order valence-electron chi connectivity index (χ1n) is 8.79. The van der Waals surface area contributed by atoms with Crippen LogP contribution in [0.5, 0.6) is 0 Å². The zero-order valence-electron chi connectivity index (χ0n) is 14.7. The van der Waals surface area contributed by atoms with Crippen molar-refractivity contribution in [3.05, 3.63) is 35.9 Å². The Bertz CT molecular complexity index is 489. The molecule has 1 aromatic carbocycles. The summed E-state index contributed by atoms with van der Waals surface area (Å²) in [5.41, 5.74) is 7.42. The minimum atomic E-state index is -0.356. The fraction of sp³-hybridized carbons (Fsp3) is 0.632. The molecule has 0 radical (unpaired) electrons. The zero-order valence-corrected chi connectivity index (χ0v) is 14.7. The Balaban J connectivity index is 1.93. The number of carbonyl (C=O) groups excluding carboxylic acids is 1. The predicted octanol–water partition coefficient (Wildman–Crippen LogP) is 2.48. The summed E-state index contributed by atoms with van der Waals surface area (Å²) >= 11 is 0. The van der Waals surface area contributed by atoms with Gasteiger partial charge in [-0.1, -0.05) is 44.2 Å². The summed E-state index contributed by atoms with van der Waals surface area (Å²) in [6.07, 6.45) is 1.77. The first kappa shape index (κ1) is 18.0. The van der Waals surface area contributed by atoms with Gasteiger partial charge in [-0.15, -0.1) is 0 Å². The second-order valence-electron chi connectivity index (χ2n) is 7.16. The van der Waals surface area contributed by atoms with E-state index in [1.54, 1.807) is 0 Å². The molecule has 1 aliphatic rings. The first-order chi connectivity index (χ1) is 11.0. The fourth-order valence-corrected chi connectivity index (χ4v) is 3.22. The van der Waals surface area contributed by atoms with Gasteiger partial charge in [-0.05, 0) is 31.2 Å². The Morgan fingerprint density at radius 2 is 1.91 bits per heavy atom. The van der Waals surface area contributed by atoms with Crippen molar-refractivity contribution in [2.24, 2.45) is 11.7 Å². The minimum Gasteiger partial charge on any atom is -0.340 e. The van der Waals surface area contributed by atoms with E-state index in [1.165, 1.54) is 5.56 Å². The van der Waals surface area contributed by atoms with Crippen LogP contribution in [-0.4, -0.2) is 47.4 Å². The number of carbonyl (C=O) groups is 1. The van der Waals surface area contributed by atoms with Gasteiger partial charge in [0.1, 0.15) is 0 Å². The van der Waals surface area contributed by atoms with Crippen molar-refractivity contribution in [1.82, 2.24) is 9.80 Å². The molecule has 4 heteroatoms. The molecule has 2 rings (SSSR count). The summed E-state index contributed by atoms with van der Waals surface area (Å²) in [4.78, 5) is 17.0. The normalized spacial score (nSPS) is 21.3. The summed E-state index contributed by atoms with van der Waals surface area (Å²) in [5, 5.41) is 0. The van der Waals surface area contributed by atoms with Crippen molar-refractivity contribution in [1.29, 1.82) is 0 Å². The van der Waals surface area contributed by atoms with E-state index in [9.17, 15) is 4.79 Å². The van der Waals surface area contributed by atoms with Crippen LogP contribution in [-0.2, 0) is 11.3 Å². The largest absolute Gasteiger partial charge is 0.340 e. The lowest BCUT2D eigenvalue weighted by molar-refractivity contribution is -0.132. The first-order valence-corrected chi connectivity index (χ1v) is 8.79. The molecule has 4 nitrogen and oxygen atoms in total. The maximum absolute atomic E-state index is 12.5. The van der Waals surface area contributed by atoms with Crippen LogP contribution in [0.3, 0.4) is 0 Å². The summed E-state index contributed by atoms with van der Waals surface area (Å²) in [6.45, 7) is 9.93. The summed E-state index contributed by atoms with van der Waals surface area (Å²) in [6, 6.07) is 10.7. The topological polar surface area (TPSA) is 49.6 Å². The van der Waals surface area contributed by atoms with Crippen LogP contribution in [0.15, 0.2) is 30.3 Å². The molecule has 1 saturated heterocycles. The average molecular weight is 317 g/mol. The second kappa shape index (κ2) is 8.46. The Labute approximate surface area is 140 Å². The molecule has 128 valence electrons. The minimum absolute atomic E-state index is 0.118. The number of hydrogen-bond donors (Lipinski definition) is 1. The van der Waals surface area contributed by atoms with Gasteiger partial charge < -0.3 is 10.6 Å². The van der Waals surface area contributed by atoms with E-state index < -0.39 is 0 Å². The molecule has 23 heavy (non-hydrogen) atoms. The molecule has 0 bridgehead atoms. The van der Waals surface area contributed by atoms with E-state index in [-0.39, 0.29) is 11.9 Å². The van der Waals surface area contributed by atoms with Gasteiger partial charge >= 0.3 is 0 Å². The Hall–Kier alpha value is -1.39. The molecule has 1 amide bonds. The molecule has 1 heterocycles. The third-order valence-electron chi connectivity index (χ3n) is 4.68. The third kappa shape index (κ3) is 5.33. The van der Waals surface area contributed by atoms with Gasteiger partial charge in [0.25, 0.3) is 0 Å². The molecule has 2 N–H and O–H groups in total. The Morgan fingerprint density at radius 3 is 2.57 bits per heavy atom. The van der Waals surface area contributed by atoms with E-state index in [4.69, 9.17) is 5.73 Å². The quantitative estimate of drug-likeness (QED) is 0.907. The molecule has 2 atom stereocenters. The van der Waals surface area contributed by atoms with E-state index in [0.29, 0.717) is 12.0 Å². The predicted molar refractivity (Wildman–Crippen MR) is 94.9 cm³/mol. The molecule has 0 aromatic heterocycles. The van der Waals surface area contributed by atoms with E-state index >= 15 is 0 Å². The molecule has 1 aromatic rings. The molecule has 1 unspecified atom stereocenters. The highest BCUT2D eigenvalue weighted by atomic mass is 16.2. The van der Waals surface area contributed by atoms with Crippen molar-refractivity contribution >= 4 is 5.91 Å². The summed E-state index contributed by atoms with van der Waals surface area (Å²) in [7, 11) is 0. The standard InChI is InChI=1S/C19H31N3O/c1-15(2)13-18(20)19(23)21-10-9-16(3)22(12-11-21)14-17-7-5-4-6-8-17/h4-8,15-16,18H,9-14,20H2,1-3H3/t16?,18-/m0/s1. The van der Waals surface area contributed by atoms with Gasteiger partial charge in [-0.2, -0.15) is 0 Å². The lowest BCUT2D eigenvalue weighted by Crippen LogP contribution is -2.45. The number of rotatable bonds is 5. The number of nitrogens with two attached hydrogens (primary N) is 1. The maximum atomic E-state index is 12.5. The highest BCUT2D eigenvalue weighted by molar-refractivity contribution is 5.81. The van der Waals surface area contributed by atoms with E-state index in [2.05, 4.69) is 49.9 Å². The van der Waals surface area contributed by atoms with Crippen LogP contribution in [0.1, 0.15) is 39.2 Å². The van der Waals surface area contributed by atoms with Crippen LogP contribution in [0, 0.1) is 5.92 Å².